The van der Waals surface area contributed by atoms with E-state index in [1.807, 2.05) is 6.92 Å². The van der Waals surface area contributed by atoms with Crippen LogP contribution in [0.25, 0.3) is 0 Å². The monoisotopic (exact) mass is 356 g/mol. The van der Waals surface area contributed by atoms with E-state index in [2.05, 4.69) is 15.6 Å². The van der Waals surface area contributed by atoms with E-state index in [0.717, 1.165) is 5.56 Å². The minimum Gasteiger partial charge on any atom is -0.477 e. The molecule has 0 saturated heterocycles. The average Bonchev–Trinajstić information content (AvgIpc) is 2.65. The van der Waals surface area contributed by atoms with Crippen molar-refractivity contribution >= 4 is 17.7 Å². The Hall–Kier alpha value is -3.42. The molecular formula is C18H20N4O4. The predicted molar refractivity (Wildman–Crippen MR) is 94.5 cm³/mol. The van der Waals surface area contributed by atoms with Gasteiger partial charge in [0.05, 0.1) is 13.2 Å². The maximum atomic E-state index is 12.3. The van der Waals surface area contributed by atoms with Crippen LogP contribution in [0.1, 0.15) is 33.2 Å². The number of nitrogens with two attached hydrogens (primary N) is 1. The number of carbonyl (C=O) groups excluding carboxylic acids is 3. The third-order valence-corrected chi connectivity index (χ3v) is 3.39. The first-order valence-electron chi connectivity index (χ1n) is 8.02. The molecule has 0 unspecified atom stereocenters. The predicted octanol–water partition coefficient (Wildman–Crippen LogP) is 0.625. The molecular weight excluding hydrogens is 336 g/mol. The Morgan fingerprint density at radius 2 is 1.81 bits per heavy atom. The summed E-state index contributed by atoms with van der Waals surface area (Å²) in [5, 5.41) is 5.19. The van der Waals surface area contributed by atoms with Crippen molar-refractivity contribution in [3.63, 3.8) is 0 Å². The first kappa shape index (κ1) is 18.9. The number of nitrogens with zero attached hydrogens (tertiary/aromatic N) is 1. The van der Waals surface area contributed by atoms with Crippen molar-refractivity contribution in [2.75, 3.05) is 13.2 Å². The topological polar surface area (TPSA) is 123 Å². The summed E-state index contributed by atoms with van der Waals surface area (Å²) in [7, 11) is 0. The molecule has 2 aromatic rings. The number of hydrogen-bond donors (Lipinski definition) is 3. The summed E-state index contributed by atoms with van der Waals surface area (Å²) < 4.78 is 5.34. The van der Waals surface area contributed by atoms with E-state index >= 15 is 0 Å². The number of carbonyl (C=O) groups is 3. The number of rotatable bonds is 8. The Balaban J connectivity index is 1.94. The van der Waals surface area contributed by atoms with E-state index in [0.29, 0.717) is 17.7 Å². The van der Waals surface area contributed by atoms with Crippen LogP contribution in [0.5, 0.6) is 5.88 Å². The van der Waals surface area contributed by atoms with Gasteiger partial charge in [-0.25, -0.2) is 4.98 Å². The molecule has 0 bridgehead atoms. The molecule has 0 aliphatic heterocycles. The summed E-state index contributed by atoms with van der Waals surface area (Å²) in [5.74, 6) is -1.02. The van der Waals surface area contributed by atoms with Gasteiger partial charge in [0.15, 0.2) is 0 Å². The van der Waals surface area contributed by atoms with Crippen LogP contribution >= 0.6 is 0 Å². The van der Waals surface area contributed by atoms with Gasteiger partial charge < -0.3 is 21.1 Å². The second-order valence-electron chi connectivity index (χ2n) is 5.32. The van der Waals surface area contributed by atoms with Gasteiger partial charge in [-0.1, -0.05) is 12.1 Å². The first-order chi connectivity index (χ1) is 12.5. The Morgan fingerprint density at radius 3 is 2.46 bits per heavy atom. The van der Waals surface area contributed by atoms with Crippen molar-refractivity contribution in [2.45, 2.75) is 13.5 Å². The number of benzene rings is 1. The van der Waals surface area contributed by atoms with Crippen molar-refractivity contribution in [2.24, 2.45) is 5.73 Å². The minimum absolute atomic E-state index is 0.218. The lowest BCUT2D eigenvalue weighted by atomic mass is 10.1. The normalized spacial score (nSPS) is 10.0. The van der Waals surface area contributed by atoms with Crippen LogP contribution in [0.15, 0.2) is 42.6 Å². The average molecular weight is 356 g/mol. The van der Waals surface area contributed by atoms with Gasteiger partial charge in [0.1, 0.15) is 5.56 Å². The third kappa shape index (κ3) is 5.30. The van der Waals surface area contributed by atoms with E-state index in [1.54, 1.807) is 42.6 Å². The largest absolute Gasteiger partial charge is 0.477 e. The summed E-state index contributed by atoms with van der Waals surface area (Å²) in [6.45, 7) is 2.29. The maximum Gasteiger partial charge on any atom is 0.257 e. The lowest BCUT2D eigenvalue weighted by Gasteiger charge is -2.10. The summed E-state index contributed by atoms with van der Waals surface area (Å²) in [6.07, 6.45) is 1.56. The standard InChI is InChI=1S/C18H20N4O4/c1-2-26-18-14(4-3-9-20-18)17(25)21-10-12-5-7-13(8-6-12)16(24)22-11-15(19)23/h3-9H,2,10-11H2,1H3,(H2,19,23)(H,21,25)(H,22,24). The highest BCUT2D eigenvalue weighted by Gasteiger charge is 2.13. The summed E-state index contributed by atoms with van der Waals surface area (Å²) >= 11 is 0. The van der Waals surface area contributed by atoms with Crippen molar-refractivity contribution < 1.29 is 19.1 Å². The molecule has 0 radical (unpaired) electrons. The SMILES string of the molecule is CCOc1ncccc1C(=O)NCc1ccc(C(=O)NCC(N)=O)cc1. The molecule has 4 N–H and O–H groups in total. The van der Waals surface area contributed by atoms with E-state index in [1.165, 1.54) is 0 Å². The molecule has 1 heterocycles. The second kappa shape index (κ2) is 9.16. The van der Waals surface area contributed by atoms with Gasteiger partial charge in [-0.2, -0.15) is 0 Å². The summed E-state index contributed by atoms with van der Waals surface area (Å²) in [6, 6.07) is 9.94. The number of amides is 3. The van der Waals surface area contributed by atoms with E-state index in [9.17, 15) is 14.4 Å². The number of aromatic nitrogens is 1. The molecule has 0 saturated carbocycles. The fourth-order valence-electron chi connectivity index (χ4n) is 2.14. The zero-order chi connectivity index (χ0) is 18.9. The van der Waals surface area contributed by atoms with Crippen LogP contribution in [0.3, 0.4) is 0 Å². The molecule has 0 atom stereocenters. The fraction of sp³-hybridized carbons (Fsp3) is 0.222. The van der Waals surface area contributed by atoms with Gasteiger partial charge in [0.25, 0.3) is 11.8 Å². The van der Waals surface area contributed by atoms with Crippen molar-refractivity contribution in [1.29, 1.82) is 0 Å². The maximum absolute atomic E-state index is 12.3. The molecule has 0 fully saturated rings. The first-order valence-corrected chi connectivity index (χ1v) is 8.02. The lowest BCUT2D eigenvalue weighted by Crippen LogP contribution is -2.33. The van der Waals surface area contributed by atoms with Crippen LogP contribution in [0.4, 0.5) is 0 Å². The number of pyridine rings is 1. The summed E-state index contributed by atoms with van der Waals surface area (Å²) in [4.78, 5) is 38.8. The molecule has 136 valence electrons. The Labute approximate surface area is 150 Å². The van der Waals surface area contributed by atoms with Gasteiger partial charge in [-0.3, -0.25) is 14.4 Å². The molecule has 1 aromatic carbocycles. The van der Waals surface area contributed by atoms with Gasteiger partial charge in [0, 0.05) is 18.3 Å². The molecule has 0 aliphatic rings. The number of nitrogens with one attached hydrogen (secondary N) is 2. The van der Waals surface area contributed by atoms with Crippen LogP contribution in [0.2, 0.25) is 0 Å². The zero-order valence-corrected chi connectivity index (χ0v) is 14.3. The minimum atomic E-state index is -0.612. The highest BCUT2D eigenvalue weighted by molar-refractivity contribution is 5.97. The molecule has 8 heteroatoms. The number of hydrogen-bond acceptors (Lipinski definition) is 5. The molecule has 26 heavy (non-hydrogen) atoms. The van der Waals surface area contributed by atoms with Gasteiger partial charge in [0.2, 0.25) is 11.8 Å². The Kier molecular flexibility index (Phi) is 6.67. The van der Waals surface area contributed by atoms with Crippen LogP contribution in [0, 0.1) is 0 Å². The van der Waals surface area contributed by atoms with Gasteiger partial charge in [-0.05, 0) is 36.8 Å². The van der Waals surface area contributed by atoms with Gasteiger partial charge in [-0.15, -0.1) is 0 Å². The van der Waals surface area contributed by atoms with Crippen molar-refractivity contribution in [3.8, 4) is 5.88 Å². The summed E-state index contributed by atoms with van der Waals surface area (Å²) in [5.41, 5.74) is 6.55. The number of primary amides is 1. The molecule has 8 nitrogen and oxygen atoms in total. The third-order valence-electron chi connectivity index (χ3n) is 3.39. The lowest BCUT2D eigenvalue weighted by molar-refractivity contribution is -0.117. The molecule has 2 rings (SSSR count). The smallest absolute Gasteiger partial charge is 0.257 e. The highest BCUT2D eigenvalue weighted by atomic mass is 16.5. The zero-order valence-electron chi connectivity index (χ0n) is 14.3. The van der Waals surface area contributed by atoms with Crippen LogP contribution in [-0.2, 0) is 11.3 Å². The quantitative estimate of drug-likeness (QED) is 0.640. The van der Waals surface area contributed by atoms with E-state index in [-0.39, 0.29) is 24.9 Å². The van der Waals surface area contributed by atoms with Crippen LogP contribution < -0.4 is 21.1 Å². The number of ether oxygens (including phenoxy) is 1. The van der Waals surface area contributed by atoms with Crippen LogP contribution in [-0.4, -0.2) is 35.9 Å². The van der Waals surface area contributed by atoms with E-state index < -0.39 is 11.8 Å². The molecule has 0 aliphatic carbocycles. The fourth-order valence-corrected chi connectivity index (χ4v) is 2.14. The highest BCUT2D eigenvalue weighted by Crippen LogP contribution is 2.14. The Morgan fingerprint density at radius 1 is 1.08 bits per heavy atom. The second-order valence-corrected chi connectivity index (χ2v) is 5.32. The molecule has 0 spiro atoms. The Bertz CT molecular complexity index is 790. The van der Waals surface area contributed by atoms with Gasteiger partial charge >= 0.3 is 0 Å². The molecule has 1 aromatic heterocycles. The molecule has 3 amide bonds. The van der Waals surface area contributed by atoms with E-state index in [4.69, 9.17) is 10.5 Å². The van der Waals surface area contributed by atoms with Crippen molar-refractivity contribution in [1.82, 2.24) is 15.6 Å². The van der Waals surface area contributed by atoms with Crippen molar-refractivity contribution in [3.05, 3.63) is 59.3 Å².